The van der Waals surface area contributed by atoms with Gasteiger partial charge in [-0.05, 0) is 121 Å². The van der Waals surface area contributed by atoms with Gasteiger partial charge < -0.3 is 28.9 Å². The molecule has 0 N–H and O–H groups in total. The van der Waals surface area contributed by atoms with Gasteiger partial charge in [0.2, 0.25) is 0 Å². The first-order valence-electron chi connectivity index (χ1n) is 24.5. The molecule has 3 fully saturated rings. The van der Waals surface area contributed by atoms with Crippen LogP contribution in [0.15, 0.2) is 164 Å². The molecule has 1 aromatic heterocycles. The predicted octanol–water partition coefficient (Wildman–Crippen LogP) is 10.8. The van der Waals surface area contributed by atoms with E-state index in [9.17, 15) is 9.18 Å². The highest BCUT2D eigenvalue weighted by atomic mass is 19.1. The van der Waals surface area contributed by atoms with Gasteiger partial charge in [-0.3, -0.25) is 4.90 Å². The molecule has 3 atom stereocenters. The summed E-state index contributed by atoms with van der Waals surface area (Å²) in [6.07, 6.45) is 3.48. The first kappa shape index (κ1) is 46.1. The van der Waals surface area contributed by atoms with Crippen LogP contribution in [0, 0.1) is 11.6 Å². The Morgan fingerprint density at radius 3 is 1.85 bits per heavy atom. The molecular weight excluding hydrogens is 897 g/mol. The van der Waals surface area contributed by atoms with E-state index >= 15 is 4.39 Å². The molecule has 0 radical (unpaired) electrons. The fraction of sp³-hybridized carbons (Fsp3) is 0.293. The summed E-state index contributed by atoms with van der Waals surface area (Å²) in [5.74, 6) is -0.759. The van der Waals surface area contributed by atoms with E-state index in [0.717, 1.165) is 49.3 Å². The number of fused-ring (bicyclic) bond motifs is 2. The summed E-state index contributed by atoms with van der Waals surface area (Å²) in [6.45, 7) is 10.00. The molecular formula is C58H57F2N7O4. The number of urea groups is 1. The number of anilines is 3. The van der Waals surface area contributed by atoms with Gasteiger partial charge in [-0.1, -0.05) is 91.0 Å². The molecule has 0 aliphatic carbocycles. The van der Waals surface area contributed by atoms with E-state index in [1.165, 1.54) is 62.1 Å². The Bertz CT molecular complexity index is 3080. The highest BCUT2D eigenvalue weighted by Gasteiger charge is 2.56. The Morgan fingerprint density at radius 2 is 1.28 bits per heavy atom. The fourth-order valence-electron chi connectivity index (χ4n) is 11.2. The molecule has 362 valence electrons. The molecule has 13 heteroatoms. The van der Waals surface area contributed by atoms with Crippen LogP contribution in [-0.2, 0) is 34.5 Å². The van der Waals surface area contributed by atoms with Crippen molar-refractivity contribution in [1.29, 1.82) is 0 Å². The van der Waals surface area contributed by atoms with Crippen molar-refractivity contribution in [3.8, 4) is 5.75 Å². The lowest BCUT2D eigenvalue weighted by molar-refractivity contribution is -0.117. The molecule has 8 aromatic rings. The summed E-state index contributed by atoms with van der Waals surface area (Å²) < 4.78 is 48.9. The summed E-state index contributed by atoms with van der Waals surface area (Å²) in [5.41, 5.74) is 3.85. The van der Waals surface area contributed by atoms with Crippen molar-refractivity contribution < 1.29 is 27.8 Å². The van der Waals surface area contributed by atoms with E-state index in [0.29, 0.717) is 18.6 Å². The van der Waals surface area contributed by atoms with E-state index < -0.39 is 29.1 Å². The SMILES string of the molecule is CC(C)N1C(=O)N(c2ccc(N3CCN(c4ccc(OC[C@H]5OC[C@](Cn6cncn6)(c6ccc(F)cc6F)O5)cc4)CC3)cc2)C(Cc2ccc3ccccc3c2)(Cc2ccc3ccccc3c2)[C@@H]1C. The highest BCUT2D eigenvalue weighted by Crippen LogP contribution is 2.44. The minimum atomic E-state index is -1.25. The molecule has 0 saturated carbocycles. The number of aromatic nitrogens is 3. The molecule has 11 nitrogen and oxygen atoms in total. The van der Waals surface area contributed by atoms with Crippen molar-refractivity contribution in [1.82, 2.24) is 19.7 Å². The maximum Gasteiger partial charge on any atom is 0.325 e. The Morgan fingerprint density at radius 1 is 0.704 bits per heavy atom. The largest absolute Gasteiger partial charge is 0.488 e. The molecule has 0 spiro atoms. The summed E-state index contributed by atoms with van der Waals surface area (Å²) >= 11 is 0. The maximum absolute atomic E-state index is 15.1. The maximum atomic E-state index is 15.1. The second-order valence-corrected chi connectivity index (χ2v) is 19.5. The lowest BCUT2D eigenvalue weighted by atomic mass is 9.78. The Labute approximate surface area is 412 Å². The van der Waals surface area contributed by atoms with Gasteiger partial charge in [0.15, 0.2) is 6.29 Å². The van der Waals surface area contributed by atoms with Crippen LogP contribution in [0.1, 0.15) is 37.5 Å². The number of benzene rings is 7. The van der Waals surface area contributed by atoms with E-state index in [2.05, 4.69) is 172 Å². The van der Waals surface area contributed by atoms with Crippen LogP contribution < -0.4 is 19.4 Å². The number of carbonyl (C=O) groups excluding carboxylic acids is 1. The number of hydrogen-bond acceptors (Lipinski definition) is 8. The molecule has 71 heavy (non-hydrogen) atoms. The zero-order valence-electron chi connectivity index (χ0n) is 40.2. The molecule has 7 aromatic carbocycles. The summed E-state index contributed by atoms with van der Waals surface area (Å²) in [4.78, 5) is 28.0. The zero-order chi connectivity index (χ0) is 48.7. The van der Waals surface area contributed by atoms with Gasteiger partial charge in [-0.25, -0.2) is 23.2 Å². The number of nitrogens with zero attached hydrogens (tertiary/aromatic N) is 7. The van der Waals surface area contributed by atoms with Crippen molar-refractivity contribution in [3.63, 3.8) is 0 Å². The Hall–Kier alpha value is -7.35. The van der Waals surface area contributed by atoms with Crippen molar-refractivity contribution in [2.45, 2.75) is 69.7 Å². The number of rotatable bonds is 14. The van der Waals surface area contributed by atoms with Crippen molar-refractivity contribution in [3.05, 3.63) is 193 Å². The van der Waals surface area contributed by atoms with Crippen LogP contribution >= 0.6 is 0 Å². The van der Waals surface area contributed by atoms with E-state index in [4.69, 9.17) is 14.2 Å². The smallest absolute Gasteiger partial charge is 0.325 e. The average Bonchev–Trinajstić information content (AvgIpc) is 4.11. The van der Waals surface area contributed by atoms with Gasteiger partial charge in [0, 0.05) is 60.9 Å². The topological polar surface area (TPSA) is 88.4 Å². The standard InChI is InChI=1S/C58H57F2N7O4/c1-40(2)66-41(3)57(33-42-12-14-44-8-4-6-10-46(44)30-42,34-43-13-15-45-9-5-7-11-47(45)31-43)67(56(66)68)51-19-17-49(18-20-51)63-26-28-64(29-27-63)50-21-23-52(24-22-50)69-35-55-70-37-58(71-55,36-65-39-61-38-62-65)53-25-16-48(59)32-54(53)60/h4-25,30-32,38-41,55H,26-29,33-37H2,1-3H3/t41-,55-,58+/m0/s1. The quantitative estimate of drug-likeness (QED) is 0.107. The lowest BCUT2D eigenvalue weighted by Crippen LogP contribution is -2.55. The summed E-state index contributed by atoms with van der Waals surface area (Å²) in [7, 11) is 0. The Balaban J connectivity index is 0.775. The van der Waals surface area contributed by atoms with Gasteiger partial charge in [-0.15, -0.1) is 0 Å². The third kappa shape index (κ3) is 9.04. The summed E-state index contributed by atoms with van der Waals surface area (Å²) in [5, 5.41) is 8.96. The van der Waals surface area contributed by atoms with Crippen molar-refractivity contribution in [2.24, 2.45) is 0 Å². The molecule has 4 heterocycles. The molecule has 0 bridgehead atoms. The predicted molar refractivity (Wildman–Crippen MR) is 274 cm³/mol. The first-order valence-corrected chi connectivity index (χ1v) is 24.5. The number of halogens is 2. The van der Waals surface area contributed by atoms with Crippen molar-refractivity contribution in [2.75, 3.05) is 54.1 Å². The van der Waals surface area contributed by atoms with Crippen LogP contribution in [-0.4, -0.2) is 89.0 Å². The number of carbonyl (C=O) groups is 1. The van der Waals surface area contributed by atoms with Crippen LogP contribution in [0.25, 0.3) is 21.5 Å². The number of ether oxygens (including phenoxy) is 3. The normalized spacial score (nSPS) is 20.2. The lowest BCUT2D eigenvalue weighted by Gasteiger charge is -2.42. The molecule has 3 aliphatic rings. The third-order valence-corrected chi connectivity index (χ3v) is 14.8. The number of hydrogen-bond donors (Lipinski definition) is 0. The monoisotopic (exact) mass is 953 g/mol. The van der Waals surface area contributed by atoms with E-state index in [-0.39, 0.29) is 43.4 Å². The van der Waals surface area contributed by atoms with Crippen LogP contribution in [0.2, 0.25) is 0 Å². The second kappa shape index (κ2) is 19.1. The first-order chi connectivity index (χ1) is 34.5. The fourth-order valence-corrected chi connectivity index (χ4v) is 11.2. The Kier molecular flexibility index (Phi) is 12.4. The van der Waals surface area contributed by atoms with Crippen LogP contribution in [0.4, 0.5) is 30.6 Å². The number of piperazine rings is 1. The van der Waals surface area contributed by atoms with Gasteiger partial charge in [0.1, 0.15) is 42.2 Å². The van der Waals surface area contributed by atoms with E-state index in [1.54, 1.807) is 0 Å². The summed E-state index contributed by atoms with van der Waals surface area (Å²) in [6, 6.07) is 50.4. The van der Waals surface area contributed by atoms with Gasteiger partial charge in [0.05, 0.1) is 24.7 Å². The van der Waals surface area contributed by atoms with Gasteiger partial charge >= 0.3 is 6.03 Å². The minimum absolute atomic E-state index is 0.0111. The molecule has 3 saturated heterocycles. The molecule has 3 aliphatic heterocycles. The van der Waals surface area contributed by atoms with Crippen LogP contribution in [0.5, 0.6) is 5.75 Å². The van der Waals surface area contributed by atoms with Gasteiger partial charge in [0.25, 0.3) is 0 Å². The molecule has 2 amide bonds. The average molecular weight is 954 g/mol. The highest BCUT2D eigenvalue weighted by molar-refractivity contribution is 5.98. The molecule has 0 unspecified atom stereocenters. The second-order valence-electron chi connectivity index (χ2n) is 19.5. The molecule has 11 rings (SSSR count). The van der Waals surface area contributed by atoms with Crippen molar-refractivity contribution >= 4 is 44.6 Å². The third-order valence-electron chi connectivity index (χ3n) is 14.8. The van der Waals surface area contributed by atoms with Gasteiger partial charge in [-0.2, -0.15) is 5.10 Å². The minimum Gasteiger partial charge on any atom is -0.488 e. The van der Waals surface area contributed by atoms with E-state index in [1.807, 2.05) is 12.1 Å². The number of amides is 2. The van der Waals surface area contributed by atoms with Crippen LogP contribution in [0.3, 0.4) is 0 Å². The zero-order valence-corrected chi connectivity index (χ0v) is 40.2.